The van der Waals surface area contributed by atoms with Gasteiger partial charge >= 0.3 is 5.97 Å². The Morgan fingerprint density at radius 3 is 2.53 bits per heavy atom. The highest BCUT2D eigenvalue weighted by molar-refractivity contribution is 5.91. The third kappa shape index (κ3) is 6.60. The number of hydrogen-bond acceptors (Lipinski definition) is 6. The predicted molar refractivity (Wildman–Crippen MR) is 152 cm³/mol. The summed E-state index contributed by atoms with van der Waals surface area (Å²) >= 11 is 0. The number of hydrogen-bond donors (Lipinski definition) is 3. The summed E-state index contributed by atoms with van der Waals surface area (Å²) in [5, 5.41) is 10.4. The number of carbonyl (C=O) groups is 2. The van der Waals surface area contributed by atoms with E-state index >= 15 is 0 Å². The first-order chi connectivity index (χ1) is 17.8. The first-order valence-corrected chi connectivity index (χ1v) is 14.4. The first kappa shape index (κ1) is 28.6. The van der Waals surface area contributed by atoms with Crippen LogP contribution in [-0.2, 0) is 14.3 Å². The number of amides is 1. The topological polar surface area (TPSA) is 82.7 Å². The van der Waals surface area contributed by atoms with E-state index in [4.69, 9.17) is 4.74 Å². The lowest BCUT2D eigenvalue weighted by atomic mass is 9.66. The lowest BCUT2D eigenvalue weighted by Crippen LogP contribution is -2.62. The van der Waals surface area contributed by atoms with E-state index in [1.807, 2.05) is 52.0 Å². The van der Waals surface area contributed by atoms with Gasteiger partial charge in [0.15, 0.2) is 0 Å². The van der Waals surface area contributed by atoms with Crippen LogP contribution in [0, 0.1) is 24.2 Å². The molecule has 3 aliphatic heterocycles. The van der Waals surface area contributed by atoms with Crippen molar-refractivity contribution in [2.75, 3.05) is 25.0 Å². The zero-order chi connectivity index (χ0) is 27.7. The van der Waals surface area contributed by atoms with Crippen LogP contribution in [0.15, 0.2) is 35.5 Å². The van der Waals surface area contributed by atoms with Crippen LogP contribution in [0.3, 0.4) is 0 Å². The number of rotatable bonds is 6. The van der Waals surface area contributed by atoms with Gasteiger partial charge in [-0.3, -0.25) is 15.4 Å². The monoisotopic (exact) mass is 524 g/mol. The second kappa shape index (κ2) is 11.4. The molecule has 7 nitrogen and oxygen atoms in total. The zero-order valence-electron chi connectivity index (χ0n) is 24.4. The number of anilines is 1. The molecule has 4 unspecified atom stereocenters. The van der Waals surface area contributed by atoms with Gasteiger partial charge in [-0.2, -0.15) is 0 Å². The van der Waals surface area contributed by atoms with Gasteiger partial charge < -0.3 is 15.0 Å². The van der Waals surface area contributed by atoms with Crippen molar-refractivity contribution in [3.8, 4) is 0 Å². The minimum absolute atomic E-state index is 0.00854. The van der Waals surface area contributed by atoms with Crippen LogP contribution in [0.25, 0.3) is 0 Å². The number of likely N-dealkylation sites (tertiary alicyclic amines) is 1. The maximum atomic E-state index is 13.9. The lowest BCUT2D eigenvalue weighted by molar-refractivity contribution is -0.167. The standard InChI is InChI=1S/C31H48N4O3/c1-20-12-8-9-14-24(20)34-25(36)15-11-17-35-26-21(19-33-28-22(26)13-10-16-32-28)18-23(30(2,3)4)27(35)29(37)38-31(5,6)7/h8-9,12,14,21,23,27-28,32-33H,10-11,13,15-19H2,1-7H3,(H,34,36). The normalized spacial score (nSPS) is 25.9. The van der Waals surface area contributed by atoms with E-state index in [1.54, 1.807) is 0 Å². The minimum atomic E-state index is -0.559. The second-order valence-electron chi connectivity index (χ2n) is 13.4. The fourth-order valence-electron chi connectivity index (χ4n) is 6.38. The third-order valence-electron chi connectivity index (χ3n) is 8.15. The van der Waals surface area contributed by atoms with E-state index in [9.17, 15) is 9.59 Å². The highest BCUT2D eigenvalue weighted by atomic mass is 16.6. The molecular formula is C31H48N4O3. The highest BCUT2D eigenvalue weighted by Gasteiger charge is 2.50. The molecule has 0 radical (unpaired) electrons. The van der Waals surface area contributed by atoms with Gasteiger partial charge in [0.1, 0.15) is 11.6 Å². The minimum Gasteiger partial charge on any atom is -0.458 e. The van der Waals surface area contributed by atoms with Gasteiger partial charge in [0, 0.05) is 36.8 Å². The van der Waals surface area contributed by atoms with Crippen molar-refractivity contribution in [2.24, 2.45) is 17.3 Å². The number of para-hydroxylation sites is 1. The molecule has 4 rings (SSSR count). The Labute approximate surface area is 229 Å². The van der Waals surface area contributed by atoms with Gasteiger partial charge in [-0.25, -0.2) is 4.79 Å². The van der Waals surface area contributed by atoms with Crippen molar-refractivity contribution in [1.82, 2.24) is 15.5 Å². The van der Waals surface area contributed by atoms with Crippen molar-refractivity contribution in [2.45, 2.75) is 98.4 Å². The molecule has 7 heteroatoms. The Hall–Kier alpha value is -2.38. The summed E-state index contributed by atoms with van der Waals surface area (Å²) in [5.74, 6) is 0.355. The van der Waals surface area contributed by atoms with Crippen LogP contribution in [-0.4, -0.2) is 54.2 Å². The predicted octanol–water partition coefficient (Wildman–Crippen LogP) is 4.98. The Morgan fingerprint density at radius 2 is 1.84 bits per heavy atom. The fraction of sp³-hybridized carbons (Fsp3) is 0.677. The largest absolute Gasteiger partial charge is 0.458 e. The maximum Gasteiger partial charge on any atom is 0.329 e. The van der Waals surface area contributed by atoms with Crippen LogP contribution in [0.5, 0.6) is 0 Å². The van der Waals surface area contributed by atoms with Gasteiger partial charge in [-0.1, -0.05) is 39.0 Å². The van der Waals surface area contributed by atoms with E-state index < -0.39 is 5.60 Å². The average molecular weight is 525 g/mol. The molecule has 0 bridgehead atoms. The molecule has 3 aliphatic rings. The summed E-state index contributed by atoms with van der Waals surface area (Å²) in [7, 11) is 0. The number of piperidine rings is 2. The Balaban J connectivity index is 1.63. The van der Waals surface area contributed by atoms with Gasteiger partial charge in [0.2, 0.25) is 5.91 Å². The molecule has 4 atom stereocenters. The fourth-order valence-corrected chi connectivity index (χ4v) is 6.38. The van der Waals surface area contributed by atoms with Crippen LogP contribution in [0.4, 0.5) is 5.69 Å². The molecule has 0 aromatic heterocycles. The van der Waals surface area contributed by atoms with Crippen LogP contribution in [0.1, 0.15) is 79.2 Å². The Kier molecular flexibility index (Phi) is 8.58. The summed E-state index contributed by atoms with van der Waals surface area (Å²) in [5.41, 5.74) is 3.98. The molecule has 0 spiro atoms. The number of esters is 1. The molecular weight excluding hydrogens is 476 g/mol. The molecule has 1 amide bonds. The summed E-state index contributed by atoms with van der Waals surface area (Å²) in [6.45, 7) is 17.1. The smallest absolute Gasteiger partial charge is 0.329 e. The van der Waals surface area contributed by atoms with E-state index in [0.29, 0.717) is 25.3 Å². The number of benzene rings is 1. The van der Waals surface area contributed by atoms with Crippen molar-refractivity contribution < 1.29 is 14.3 Å². The van der Waals surface area contributed by atoms with Crippen LogP contribution in [0.2, 0.25) is 0 Å². The molecule has 0 aliphatic carbocycles. The van der Waals surface area contributed by atoms with E-state index in [-0.39, 0.29) is 35.4 Å². The maximum absolute atomic E-state index is 13.9. The molecule has 3 heterocycles. The molecule has 210 valence electrons. The van der Waals surface area contributed by atoms with Crippen molar-refractivity contribution in [3.63, 3.8) is 0 Å². The summed E-state index contributed by atoms with van der Waals surface area (Å²) < 4.78 is 6.05. The number of ether oxygens (including phenoxy) is 1. The number of carbonyl (C=O) groups excluding carboxylic acids is 2. The summed E-state index contributed by atoms with van der Waals surface area (Å²) in [6, 6.07) is 7.48. The molecule has 38 heavy (non-hydrogen) atoms. The van der Waals surface area contributed by atoms with E-state index in [0.717, 1.165) is 43.6 Å². The van der Waals surface area contributed by atoms with Crippen LogP contribution >= 0.6 is 0 Å². The molecule has 1 aromatic rings. The lowest BCUT2D eigenvalue weighted by Gasteiger charge is -2.54. The first-order valence-electron chi connectivity index (χ1n) is 14.4. The van der Waals surface area contributed by atoms with Gasteiger partial charge in [-0.15, -0.1) is 0 Å². The SMILES string of the molecule is Cc1ccccc1NC(=O)CCCN1C2=C3CCCNC3NCC2CC(C(C)(C)C)C1C(=O)OC(C)(C)C. The number of nitrogens with one attached hydrogen (secondary N) is 3. The number of aryl methyl sites for hydroxylation is 1. The highest BCUT2D eigenvalue weighted by Crippen LogP contribution is 2.47. The van der Waals surface area contributed by atoms with E-state index in [1.165, 1.54) is 11.3 Å². The van der Waals surface area contributed by atoms with Crippen LogP contribution < -0.4 is 16.0 Å². The average Bonchev–Trinajstić information content (AvgIpc) is 2.83. The molecule has 2 saturated heterocycles. The van der Waals surface area contributed by atoms with Crippen molar-refractivity contribution >= 4 is 17.6 Å². The summed E-state index contributed by atoms with van der Waals surface area (Å²) in [6.07, 6.45) is 4.31. The van der Waals surface area contributed by atoms with E-state index in [2.05, 4.69) is 41.6 Å². The van der Waals surface area contributed by atoms with Gasteiger partial charge in [0.25, 0.3) is 0 Å². The van der Waals surface area contributed by atoms with Gasteiger partial charge in [-0.05, 0) is 88.5 Å². The quantitative estimate of drug-likeness (QED) is 0.456. The van der Waals surface area contributed by atoms with Crippen molar-refractivity contribution in [1.29, 1.82) is 0 Å². The van der Waals surface area contributed by atoms with Gasteiger partial charge in [0.05, 0.1) is 6.17 Å². The Bertz CT molecular complexity index is 1050. The molecule has 1 aromatic carbocycles. The molecule has 3 N–H and O–H groups in total. The molecule has 0 saturated carbocycles. The zero-order valence-corrected chi connectivity index (χ0v) is 24.4. The third-order valence-corrected chi connectivity index (χ3v) is 8.15. The Morgan fingerprint density at radius 1 is 1.11 bits per heavy atom. The second-order valence-corrected chi connectivity index (χ2v) is 13.4. The number of nitrogens with zero attached hydrogens (tertiary/aromatic N) is 1. The number of fused-ring (bicyclic) bond motifs is 2. The molecule has 2 fully saturated rings. The summed E-state index contributed by atoms with van der Waals surface area (Å²) in [4.78, 5) is 29.1. The van der Waals surface area contributed by atoms with Crippen molar-refractivity contribution in [3.05, 3.63) is 41.1 Å².